The fourth-order valence-corrected chi connectivity index (χ4v) is 2.89. The molecule has 2 aromatic rings. The summed E-state index contributed by atoms with van der Waals surface area (Å²) in [5.74, 6) is -0.638. The van der Waals surface area contributed by atoms with E-state index in [9.17, 15) is 14.9 Å². The summed E-state index contributed by atoms with van der Waals surface area (Å²) in [5, 5.41) is 15.5. The Kier molecular flexibility index (Phi) is 5.48. The van der Waals surface area contributed by atoms with Crippen LogP contribution in [0, 0.1) is 10.1 Å². The number of hydrogen-bond acceptors (Lipinski definition) is 6. The predicted molar refractivity (Wildman–Crippen MR) is 99.0 cm³/mol. The number of anilines is 1. The van der Waals surface area contributed by atoms with Gasteiger partial charge in [0.15, 0.2) is 0 Å². The first kappa shape index (κ1) is 17.9. The summed E-state index contributed by atoms with van der Waals surface area (Å²) in [6, 6.07) is 11.0. The number of carbonyl (C=O) groups excluding carboxylic acids is 1. The number of rotatable bonds is 5. The van der Waals surface area contributed by atoms with E-state index >= 15 is 0 Å². The molecule has 0 amide bonds. The van der Waals surface area contributed by atoms with E-state index in [0.717, 1.165) is 25.9 Å². The fourth-order valence-electron chi connectivity index (χ4n) is 2.77. The molecular formula is C18H16ClN3O4. The van der Waals surface area contributed by atoms with Crippen molar-refractivity contribution in [3.8, 4) is 0 Å². The smallest absolute Gasteiger partial charge is 0.365 e. The maximum Gasteiger partial charge on any atom is 0.365 e. The highest BCUT2D eigenvalue weighted by Gasteiger charge is 2.22. The van der Waals surface area contributed by atoms with Crippen molar-refractivity contribution < 1.29 is 14.6 Å². The van der Waals surface area contributed by atoms with Crippen molar-refractivity contribution in [2.45, 2.75) is 12.8 Å². The van der Waals surface area contributed by atoms with E-state index in [2.05, 4.69) is 5.16 Å². The van der Waals surface area contributed by atoms with E-state index < -0.39 is 10.9 Å². The SMILES string of the molecule is O=C(ON=Cc1ccc(N2CCCC2)c([N+](=O)[O-])c1)c1ccc(Cl)cc1. The zero-order valence-corrected chi connectivity index (χ0v) is 14.6. The van der Waals surface area contributed by atoms with Gasteiger partial charge in [-0.25, -0.2) is 4.79 Å². The lowest BCUT2D eigenvalue weighted by Gasteiger charge is -2.17. The molecule has 2 aromatic carbocycles. The van der Waals surface area contributed by atoms with Gasteiger partial charge in [-0.3, -0.25) is 10.1 Å². The van der Waals surface area contributed by atoms with Gasteiger partial charge in [0.25, 0.3) is 5.69 Å². The Bertz CT molecular complexity index is 846. The van der Waals surface area contributed by atoms with Gasteiger partial charge in [-0.05, 0) is 43.2 Å². The molecule has 0 saturated carbocycles. The molecule has 134 valence electrons. The van der Waals surface area contributed by atoms with Crippen molar-refractivity contribution in [1.82, 2.24) is 0 Å². The molecule has 26 heavy (non-hydrogen) atoms. The molecule has 0 unspecified atom stereocenters. The molecule has 0 bridgehead atoms. The van der Waals surface area contributed by atoms with Gasteiger partial charge in [-0.15, -0.1) is 0 Å². The number of nitrogens with zero attached hydrogens (tertiary/aromatic N) is 3. The fraction of sp³-hybridized carbons (Fsp3) is 0.222. The summed E-state index contributed by atoms with van der Waals surface area (Å²) in [4.78, 5) is 29.6. The molecule has 1 heterocycles. The molecule has 1 aliphatic rings. The lowest BCUT2D eigenvalue weighted by molar-refractivity contribution is -0.384. The largest absolute Gasteiger partial charge is 0.366 e. The maximum atomic E-state index is 11.9. The predicted octanol–water partition coefficient (Wildman–Crippen LogP) is 4.04. The first-order chi connectivity index (χ1) is 12.5. The monoisotopic (exact) mass is 373 g/mol. The Morgan fingerprint density at radius 2 is 1.88 bits per heavy atom. The van der Waals surface area contributed by atoms with Crippen molar-refractivity contribution in [2.24, 2.45) is 5.16 Å². The van der Waals surface area contributed by atoms with Crippen molar-refractivity contribution in [3.63, 3.8) is 0 Å². The molecule has 0 aliphatic carbocycles. The van der Waals surface area contributed by atoms with E-state index in [1.807, 2.05) is 4.90 Å². The van der Waals surface area contributed by atoms with Crippen LogP contribution in [-0.2, 0) is 4.84 Å². The highest BCUT2D eigenvalue weighted by atomic mass is 35.5. The minimum atomic E-state index is -0.638. The molecule has 8 heteroatoms. The van der Waals surface area contributed by atoms with Gasteiger partial charge in [0.1, 0.15) is 5.69 Å². The second-order valence-corrected chi connectivity index (χ2v) is 6.26. The molecule has 7 nitrogen and oxygen atoms in total. The van der Waals surface area contributed by atoms with Crippen LogP contribution in [0.2, 0.25) is 5.02 Å². The van der Waals surface area contributed by atoms with Gasteiger partial charge in [-0.2, -0.15) is 0 Å². The first-order valence-corrected chi connectivity index (χ1v) is 8.46. The summed E-state index contributed by atoms with van der Waals surface area (Å²) >= 11 is 5.76. The number of nitro benzene ring substituents is 1. The molecular weight excluding hydrogens is 358 g/mol. The van der Waals surface area contributed by atoms with Crippen LogP contribution in [0.5, 0.6) is 0 Å². The van der Waals surface area contributed by atoms with Crippen molar-refractivity contribution in [2.75, 3.05) is 18.0 Å². The number of carbonyl (C=O) groups is 1. The summed E-state index contributed by atoms with van der Waals surface area (Å²) in [7, 11) is 0. The summed E-state index contributed by atoms with van der Waals surface area (Å²) in [6.45, 7) is 1.62. The average Bonchev–Trinajstić information content (AvgIpc) is 3.16. The quantitative estimate of drug-likeness (QED) is 0.342. The van der Waals surface area contributed by atoms with E-state index in [0.29, 0.717) is 21.8 Å². The number of oxime groups is 1. The van der Waals surface area contributed by atoms with E-state index in [1.54, 1.807) is 24.3 Å². The second kappa shape index (κ2) is 7.97. The van der Waals surface area contributed by atoms with Gasteiger partial charge >= 0.3 is 5.97 Å². The maximum absolute atomic E-state index is 11.9. The van der Waals surface area contributed by atoms with Crippen molar-refractivity contribution >= 4 is 35.2 Å². The average molecular weight is 374 g/mol. The highest BCUT2D eigenvalue weighted by Crippen LogP contribution is 2.31. The van der Waals surface area contributed by atoms with Crippen molar-refractivity contribution in [1.29, 1.82) is 0 Å². The van der Waals surface area contributed by atoms with Crippen LogP contribution >= 0.6 is 11.6 Å². The van der Waals surface area contributed by atoms with Gasteiger partial charge in [0.05, 0.1) is 16.7 Å². The molecule has 0 atom stereocenters. The Balaban J connectivity index is 1.71. The zero-order chi connectivity index (χ0) is 18.5. The van der Waals surface area contributed by atoms with Crippen LogP contribution in [0.3, 0.4) is 0 Å². The van der Waals surface area contributed by atoms with Gasteiger partial charge in [0, 0.05) is 29.7 Å². The Morgan fingerprint density at radius 1 is 1.19 bits per heavy atom. The lowest BCUT2D eigenvalue weighted by atomic mass is 10.1. The molecule has 1 saturated heterocycles. The standard InChI is InChI=1S/C18H16ClN3O4/c19-15-6-4-14(5-7-15)18(23)26-20-12-13-3-8-16(17(11-13)22(24)25)21-9-1-2-10-21/h3-8,11-12H,1-2,9-10H2. The van der Waals surface area contributed by atoms with Gasteiger partial charge in [0.2, 0.25) is 0 Å². The van der Waals surface area contributed by atoms with Gasteiger partial charge < -0.3 is 9.74 Å². The summed E-state index contributed by atoms with van der Waals surface area (Å²) in [6.07, 6.45) is 3.33. The number of benzene rings is 2. The van der Waals surface area contributed by atoms with E-state index in [-0.39, 0.29) is 5.69 Å². The summed E-state index contributed by atoms with van der Waals surface area (Å²) in [5.41, 5.74) is 1.40. The Labute approximate surface area is 155 Å². The van der Waals surface area contributed by atoms with Crippen LogP contribution < -0.4 is 4.90 Å². The number of hydrogen-bond donors (Lipinski definition) is 0. The van der Waals surface area contributed by atoms with Crippen LogP contribution in [0.4, 0.5) is 11.4 Å². The molecule has 3 rings (SSSR count). The molecule has 1 fully saturated rings. The Morgan fingerprint density at radius 3 is 2.54 bits per heavy atom. The van der Waals surface area contributed by atoms with Gasteiger partial charge in [-0.1, -0.05) is 22.8 Å². The van der Waals surface area contributed by atoms with Crippen LogP contribution in [-0.4, -0.2) is 30.2 Å². The Hall–Kier alpha value is -2.93. The topological polar surface area (TPSA) is 85.0 Å². The third-order valence-corrected chi connectivity index (χ3v) is 4.31. The van der Waals surface area contributed by atoms with E-state index in [4.69, 9.17) is 16.4 Å². The number of halogens is 1. The number of nitro groups is 1. The molecule has 0 N–H and O–H groups in total. The minimum absolute atomic E-state index is 0.0138. The zero-order valence-electron chi connectivity index (χ0n) is 13.8. The van der Waals surface area contributed by atoms with E-state index in [1.165, 1.54) is 24.4 Å². The van der Waals surface area contributed by atoms with Crippen LogP contribution in [0.1, 0.15) is 28.8 Å². The van der Waals surface area contributed by atoms with Crippen molar-refractivity contribution in [3.05, 3.63) is 68.7 Å². The van der Waals surface area contributed by atoms with Crippen LogP contribution in [0.15, 0.2) is 47.6 Å². The lowest BCUT2D eigenvalue weighted by Crippen LogP contribution is -2.18. The second-order valence-electron chi connectivity index (χ2n) is 5.82. The summed E-state index contributed by atoms with van der Waals surface area (Å²) < 4.78 is 0. The first-order valence-electron chi connectivity index (χ1n) is 8.08. The molecule has 0 radical (unpaired) electrons. The molecule has 0 aromatic heterocycles. The molecule has 0 spiro atoms. The third-order valence-electron chi connectivity index (χ3n) is 4.06. The normalized spacial score (nSPS) is 14.0. The minimum Gasteiger partial charge on any atom is -0.366 e. The molecule has 1 aliphatic heterocycles. The van der Waals surface area contributed by atoms with Crippen LogP contribution in [0.25, 0.3) is 0 Å². The highest BCUT2D eigenvalue weighted by molar-refractivity contribution is 6.30. The third kappa shape index (κ3) is 4.18.